The smallest absolute Gasteiger partial charge is 0.261 e. The molecule has 0 unspecified atom stereocenters. The summed E-state index contributed by atoms with van der Waals surface area (Å²) in [5.74, 6) is -0.639. The van der Waals surface area contributed by atoms with Gasteiger partial charge in [0, 0.05) is 16.5 Å². The molecule has 0 saturated heterocycles. The average molecular weight is 269 g/mol. The molecule has 1 aliphatic rings. The fourth-order valence-electron chi connectivity index (χ4n) is 2.77. The van der Waals surface area contributed by atoms with Gasteiger partial charge in [0.15, 0.2) is 0 Å². The van der Waals surface area contributed by atoms with Gasteiger partial charge in [-0.25, -0.2) is 0 Å². The van der Waals surface area contributed by atoms with Crippen molar-refractivity contribution < 1.29 is 14.7 Å². The minimum atomic E-state index is -0.474. The van der Waals surface area contributed by atoms with Gasteiger partial charge in [-0.1, -0.05) is 31.2 Å². The molecular formula is C16H15NO3. The maximum atomic E-state index is 12.6. The highest BCUT2D eigenvalue weighted by Gasteiger charge is 2.36. The first-order valence-electron chi connectivity index (χ1n) is 6.69. The van der Waals surface area contributed by atoms with E-state index in [4.69, 9.17) is 0 Å². The van der Waals surface area contributed by atoms with Crippen LogP contribution in [0, 0.1) is 0 Å². The lowest BCUT2D eigenvalue weighted by molar-refractivity contribution is 0.0466. The summed E-state index contributed by atoms with van der Waals surface area (Å²) >= 11 is 0. The van der Waals surface area contributed by atoms with Crippen LogP contribution in [0.4, 0.5) is 0 Å². The highest BCUT2D eigenvalue weighted by atomic mass is 16.3. The molecule has 3 rings (SSSR count). The van der Waals surface area contributed by atoms with Crippen molar-refractivity contribution in [2.24, 2.45) is 0 Å². The summed E-state index contributed by atoms with van der Waals surface area (Å²) in [6.07, 6.45) is 0.534. The van der Waals surface area contributed by atoms with Crippen LogP contribution in [-0.4, -0.2) is 34.5 Å². The number of carbonyl (C=O) groups excluding carboxylic acids is 2. The molecule has 0 saturated carbocycles. The van der Waals surface area contributed by atoms with E-state index in [9.17, 15) is 14.7 Å². The van der Waals surface area contributed by atoms with Crippen molar-refractivity contribution in [3.63, 3.8) is 0 Å². The topological polar surface area (TPSA) is 57.6 Å². The molecule has 0 aliphatic carbocycles. The third-order valence-electron chi connectivity index (χ3n) is 3.85. The van der Waals surface area contributed by atoms with E-state index in [1.807, 2.05) is 31.2 Å². The molecule has 4 heteroatoms. The van der Waals surface area contributed by atoms with E-state index in [0.29, 0.717) is 22.9 Å². The zero-order valence-electron chi connectivity index (χ0n) is 11.2. The average Bonchev–Trinajstić information content (AvgIpc) is 2.49. The number of hydrogen-bond acceptors (Lipinski definition) is 3. The number of amides is 2. The third-order valence-corrected chi connectivity index (χ3v) is 3.85. The first kappa shape index (κ1) is 12.8. The Balaban J connectivity index is 2.26. The van der Waals surface area contributed by atoms with Crippen molar-refractivity contribution in [1.29, 1.82) is 0 Å². The molecule has 2 aromatic carbocycles. The van der Waals surface area contributed by atoms with Gasteiger partial charge in [0.25, 0.3) is 11.8 Å². The molecule has 4 nitrogen and oxygen atoms in total. The number of hydrogen-bond donors (Lipinski definition) is 1. The third kappa shape index (κ3) is 1.65. The van der Waals surface area contributed by atoms with Gasteiger partial charge in [0.1, 0.15) is 0 Å². The molecule has 0 radical (unpaired) electrons. The number of aliphatic hydroxyl groups excluding tert-OH is 1. The molecule has 0 bridgehead atoms. The highest BCUT2D eigenvalue weighted by Crippen LogP contribution is 2.31. The summed E-state index contributed by atoms with van der Waals surface area (Å²) in [6.45, 7) is 1.63. The van der Waals surface area contributed by atoms with Crippen molar-refractivity contribution in [3.05, 3.63) is 47.5 Å². The van der Waals surface area contributed by atoms with Gasteiger partial charge >= 0.3 is 0 Å². The highest BCUT2D eigenvalue weighted by molar-refractivity contribution is 6.25. The molecular weight excluding hydrogens is 254 g/mol. The van der Waals surface area contributed by atoms with Gasteiger partial charge in [0.2, 0.25) is 0 Å². The molecule has 1 heterocycles. The fraction of sp³-hybridized carbons (Fsp3) is 0.250. The van der Waals surface area contributed by atoms with Crippen molar-refractivity contribution in [2.45, 2.75) is 19.4 Å². The van der Waals surface area contributed by atoms with Crippen molar-refractivity contribution in [3.8, 4) is 0 Å². The Morgan fingerprint density at radius 1 is 1.05 bits per heavy atom. The van der Waals surface area contributed by atoms with Gasteiger partial charge in [-0.05, 0) is 23.9 Å². The Morgan fingerprint density at radius 3 is 2.05 bits per heavy atom. The van der Waals surface area contributed by atoms with Crippen LogP contribution >= 0.6 is 0 Å². The van der Waals surface area contributed by atoms with E-state index in [2.05, 4.69) is 0 Å². The normalized spacial score (nSPS) is 15.8. The molecule has 0 spiro atoms. The van der Waals surface area contributed by atoms with Crippen LogP contribution < -0.4 is 0 Å². The van der Waals surface area contributed by atoms with E-state index < -0.39 is 6.04 Å². The van der Waals surface area contributed by atoms with Crippen molar-refractivity contribution >= 4 is 22.6 Å². The van der Waals surface area contributed by atoms with Crippen LogP contribution in [0.2, 0.25) is 0 Å². The number of carbonyl (C=O) groups is 2. The van der Waals surface area contributed by atoms with Crippen LogP contribution in [0.5, 0.6) is 0 Å². The number of nitrogens with zero attached hydrogens (tertiary/aromatic N) is 1. The van der Waals surface area contributed by atoms with Crippen LogP contribution in [-0.2, 0) is 0 Å². The lowest BCUT2D eigenvalue weighted by Gasteiger charge is -2.32. The van der Waals surface area contributed by atoms with E-state index >= 15 is 0 Å². The summed E-state index contributed by atoms with van der Waals surface area (Å²) in [4.78, 5) is 26.3. The number of rotatable bonds is 3. The van der Waals surface area contributed by atoms with E-state index in [1.54, 1.807) is 12.1 Å². The second-order valence-electron chi connectivity index (χ2n) is 4.93. The molecule has 1 N–H and O–H groups in total. The lowest BCUT2D eigenvalue weighted by Crippen LogP contribution is -2.48. The number of aliphatic hydroxyl groups is 1. The zero-order valence-corrected chi connectivity index (χ0v) is 11.2. The number of imide groups is 1. The van der Waals surface area contributed by atoms with E-state index in [1.165, 1.54) is 4.90 Å². The molecule has 102 valence electrons. The molecule has 1 aliphatic heterocycles. The summed E-state index contributed by atoms with van der Waals surface area (Å²) in [7, 11) is 0. The molecule has 0 aromatic heterocycles. The summed E-state index contributed by atoms with van der Waals surface area (Å²) in [5, 5.41) is 11.0. The minimum absolute atomic E-state index is 0.216. The minimum Gasteiger partial charge on any atom is -0.394 e. The van der Waals surface area contributed by atoms with Crippen LogP contribution in [0.25, 0.3) is 10.8 Å². The first-order chi connectivity index (χ1) is 9.69. The standard InChI is InChI=1S/C16H15NO3/c1-2-11(9-18)17-15(19)12-7-3-5-10-6-4-8-13(14(10)12)16(17)20/h3-8,11,18H,2,9H2,1H3/t11-/m0/s1. The van der Waals surface area contributed by atoms with Crippen LogP contribution in [0.1, 0.15) is 34.1 Å². The fourth-order valence-corrected chi connectivity index (χ4v) is 2.77. The zero-order chi connectivity index (χ0) is 14.3. The Hall–Kier alpha value is -2.20. The maximum Gasteiger partial charge on any atom is 0.261 e. The quantitative estimate of drug-likeness (QED) is 0.869. The Morgan fingerprint density at radius 2 is 1.60 bits per heavy atom. The molecule has 0 fully saturated rings. The predicted molar refractivity (Wildman–Crippen MR) is 75.6 cm³/mol. The van der Waals surface area contributed by atoms with Crippen molar-refractivity contribution in [1.82, 2.24) is 4.90 Å². The molecule has 20 heavy (non-hydrogen) atoms. The Labute approximate surface area is 116 Å². The van der Waals surface area contributed by atoms with Crippen LogP contribution in [0.3, 0.4) is 0 Å². The predicted octanol–water partition coefficient (Wildman–Crippen LogP) is 2.21. The summed E-state index contributed by atoms with van der Waals surface area (Å²) < 4.78 is 0. The SMILES string of the molecule is CC[C@@H](CO)N1C(=O)c2cccc3cccc(c23)C1=O. The second kappa shape index (κ2) is 4.72. The Bertz CT molecular complexity index is 653. The second-order valence-corrected chi connectivity index (χ2v) is 4.93. The molecule has 2 amide bonds. The van der Waals surface area contributed by atoms with Gasteiger partial charge in [-0.15, -0.1) is 0 Å². The summed E-state index contributed by atoms with van der Waals surface area (Å²) in [5.41, 5.74) is 1.06. The van der Waals surface area contributed by atoms with Gasteiger partial charge in [0.05, 0.1) is 12.6 Å². The van der Waals surface area contributed by atoms with Gasteiger partial charge in [-0.3, -0.25) is 14.5 Å². The van der Waals surface area contributed by atoms with Crippen LogP contribution in [0.15, 0.2) is 36.4 Å². The summed E-state index contributed by atoms with van der Waals surface area (Å²) in [6, 6.07) is 10.4. The monoisotopic (exact) mass is 269 g/mol. The van der Waals surface area contributed by atoms with E-state index in [-0.39, 0.29) is 18.4 Å². The first-order valence-corrected chi connectivity index (χ1v) is 6.69. The number of benzene rings is 2. The van der Waals surface area contributed by atoms with Crippen molar-refractivity contribution in [2.75, 3.05) is 6.61 Å². The molecule has 2 aromatic rings. The molecule has 1 atom stereocenters. The maximum absolute atomic E-state index is 12.6. The van der Waals surface area contributed by atoms with Gasteiger partial charge in [-0.2, -0.15) is 0 Å². The Kier molecular flexibility index (Phi) is 3.03. The van der Waals surface area contributed by atoms with Gasteiger partial charge < -0.3 is 5.11 Å². The van der Waals surface area contributed by atoms with E-state index in [0.717, 1.165) is 5.39 Å². The largest absolute Gasteiger partial charge is 0.394 e. The lowest BCUT2D eigenvalue weighted by atomic mass is 9.93.